The fraction of sp³-hybridized carbons (Fsp3) is 0.268. The van der Waals surface area contributed by atoms with Gasteiger partial charge in [-0.1, -0.05) is 89.0 Å². The lowest BCUT2D eigenvalue weighted by Gasteiger charge is -2.31. The second kappa shape index (κ2) is 35.6. The Morgan fingerprint density at radius 3 is 1.02 bits per heavy atom. The van der Waals surface area contributed by atoms with Gasteiger partial charge in [0.15, 0.2) is 16.9 Å². The zero-order valence-corrected chi connectivity index (χ0v) is 58.0. The summed E-state index contributed by atoms with van der Waals surface area (Å²) in [7, 11) is 3.96. The van der Waals surface area contributed by atoms with E-state index in [0.717, 1.165) is 129 Å². The largest absolute Gasteiger partial charge is 0.457 e. The fourth-order valence-corrected chi connectivity index (χ4v) is 13.1. The topological polar surface area (TPSA) is 301 Å². The van der Waals surface area contributed by atoms with Crippen molar-refractivity contribution in [2.75, 3.05) is 77.1 Å². The molecule has 3 saturated heterocycles. The van der Waals surface area contributed by atoms with E-state index in [1.165, 1.54) is 19.0 Å². The molecule has 3 fully saturated rings. The van der Waals surface area contributed by atoms with E-state index in [4.69, 9.17) is 53.1 Å². The number of allylic oxidation sites excluding steroid dienone is 1. The molecule has 0 saturated carbocycles. The Hall–Kier alpha value is -12.8. The summed E-state index contributed by atoms with van der Waals surface area (Å²) in [5.41, 5.74) is 25.8. The van der Waals surface area contributed by atoms with Gasteiger partial charge in [0.1, 0.15) is 88.0 Å². The maximum absolute atomic E-state index is 12.6. The molecule has 0 spiro atoms. The standard InChI is InChI=1S/C28H31N7O2.C26H26N6O2.C25H22N6O2.3CH4/c1-33(2)16-6-9-24(36)34-17-14-21(15-18-34)35-28-25(27(29)30-19-31-28)26(32-35)20-10-12-23(13-11-20)37-22-7-4-3-5-8-22;1-2-6-22(33)31-15-13-19(14-16-31)32-26-23(25(27)28-17-29-26)24(30-32)18-9-11-21(12-10-18)34-20-7-4-3-5-8-20;1-2-21(32)30-14-12-18(13-15-30)31-25-22(24(26)27-16-28-25)23(29-31)17-8-10-20(11-9-17)33-19-6-4-3-5-7-19;;;/h3-13,19,21H,14-18H2,1-2H3,(H2,29,30,31);2-12,17,19H,13-16H2,1H3,(H2,27,28,29);1,3-11,16,18H,12-15H2,(H2,26,27,28);3*1H4/b9-6+;6-2+;;;;. The molecule has 550 valence electrons. The molecule has 12 aromatic rings. The number of terminal acetylenes is 1. The van der Waals surface area contributed by atoms with E-state index in [2.05, 4.69) is 35.8 Å². The highest BCUT2D eigenvalue weighted by Crippen LogP contribution is 2.40. The number of likely N-dealkylation sites (tertiary alicyclic amines) is 3. The number of aromatic nitrogens is 12. The van der Waals surface area contributed by atoms with Crippen LogP contribution >= 0.6 is 0 Å². The lowest BCUT2D eigenvalue weighted by atomic mass is 10.1. The van der Waals surface area contributed by atoms with E-state index in [1.807, 2.05) is 220 Å². The minimum atomic E-state index is -0.274. The normalized spacial score (nSPS) is 14.1. The average Bonchev–Trinajstić information content (AvgIpc) is 1.63. The van der Waals surface area contributed by atoms with Crippen molar-refractivity contribution in [2.24, 2.45) is 0 Å². The van der Waals surface area contributed by atoms with Crippen LogP contribution in [0.15, 0.2) is 207 Å². The van der Waals surface area contributed by atoms with Gasteiger partial charge in [-0.15, -0.1) is 6.42 Å². The van der Waals surface area contributed by atoms with Crippen molar-refractivity contribution in [3.05, 3.63) is 207 Å². The number of likely N-dealkylation sites (N-methyl/N-ethyl adjacent to an activating group) is 1. The third-order valence-corrected chi connectivity index (χ3v) is 18.4. The first kappa shape index (κ1) is 76.8. The monoisotopic (exact) mass is 1440 g/mol. The minimum Gasteiger partial charge on any atom is -0.457 e. The summed E-state index contributed by atoms with van der Waals surface area (Å²) in [6, 6.07) is 52.5. The summed E-state index contributed by atoms with van der Waals surface area (Å²) < 4.78 is 23.6. The highest BCUT2D eigenvalue weighted by atomic mass is 16.5. The van der Waals surface area contributed by atoms with Crippen LogP contribution in [0.25, 0.3) is 66.9 Å². The van der Waals surface area contributed by atoms with Gasteiger partial charge in [0.05, 0.1) is 34.3 Å². The van der Waals surface area contributed by atoms with Crippen molar-refractivity contribution < 1.29 is 28.6 Å². The van der Waals surface area contributed by atoms with Gasteiger partial charge in [-0.25, -0.2) is 43.9 Å². The van der Waals surface area contributed by atoms with Gasteiger partial charge in [0.25, 0.3) is 5.91 Å². The summed E-state index contributed by atoms with van der Waals surface area (Å²) in [6.07, 6.45) is 21.3. The number of nitrogens with zero attached hydrogens (tertiary/aromatic N) is 16. The molecule has 0 aliphatic carbocycles. The Kier molecular flexibility index (Phi) is 25.5. The van der Waals surface area contributed by atoms with Crippen molar-refractivity contribution in [1.82, 2.24) is 78.8 Å². The number of nitrogens with two attached hydrogens (primary N) is 3. The fourth-order valence-electron chi connectivity index (χ4n) is 13.1. The van der Waals surface area contributed by atoms with E-state index in [0.29, 0.717) is 73.7 Å². The van der Waals surface area contributed by atoms with Gasteiger partial charge in [-0.05, 0) is 181 Å². The second-order valence-electron chi connectivity index (χ2n) is 25.5. The molecule has 3 aliphatic rings. The number of para-hydroxylation sites is 3. The molecular weight excluding hydrogens is 1350 g/mol. The van der Waals surface area contributed by atoms with Crippen LogP contribution in [-0.4, -0.2) is 156 Å². The number of rotatable bonds is 16. The van der Waals surface area contributed by atoms with Crippen LogP contribution in [-0.2, 0) is 14.4 Å². The third kappa shape index (κ3) is 17.9. The van der Waals surface area contributed by atoms with Gasteiger partial charge in [-0.3, -0.25) is 14.4 Å². The maximum atomic E-state index is 12.6. The number of benzene rings is 6. The average molecular weight is 1440 g/mol. The number of anilines is 3. The zero-order valence-electron chi connectivity index (χ0n) is 58.0. The Balaban J connectivity index is 0.000000169. The molecule has 6 N–H and O–H groups in total. The summed E-state index contributed by atoms with van der Waals surface area (Å²) in [6.45, 7) is 6.44. The SMILES string of the molecule is C.C.C.C#CC(=O)N1CCC(n2nc(-c3ccc(Oc4ccccc4)cc3)c3c(N)ncnc32)CC1.C/C=C/C(=O)N1CCC(n2nc(-c3ccc(Oc4ccccc4)cc3)c3c(N)ncnc32)CC1.CN(C)C/C=C/C(=O)N1CCC(n2nc(-c3ccc(Oc4ccccc4)cc3)c3c(N)ncnc32)CC1. The van der Waals surface area contributed by atoms with Crippen LogP contribution in [0.4, 0.5) is 17.5 Å². The van der Waals surface area contributed by atoms with Crippen molar-refractivity contribution in [1.29, 1.82) is 0 Å². The number of ether oxygens (including phenoxy) is 3. The highest BCUT2D eigenvalue weighted by Gasteiger charge is 2.31. The number of fused-ring (bicyclic) bond motifs is 3. The van der Waals surface area contributed by atoms with Crippen molar-refractivity contribution in [3.8, 4) is 80.6 Å². The summed E-state index contributed by atoms with van der Waals surface area (Å²) in [5, 5.41) is 17.0. The van der Waals surface area contributed by atoms with Crippen molar-refractivity contribution in [3.63, 3.8) is 0 Å². The molecule has 0 bridgehead atoms. The van der Waals surface area contributed by atoms with Crippen LogP contribution < -0.4 is 31.4 Å². The maximum Gasteiger partial charge on any atom is 0.298 e. The van der Waals surface area contributed by atoms with Gasteiger partial charge >= 0.3 is 0 Å². The van der Waals surface area contributed by atoms with Gasteiger partial charge in [0, 0.05) is 68.6 Å². The number of hydrogen-bond acceptors (Lipinski definition) is 19. The Morgan fingerprint density at radius 1 is 0.439 bits per heavy atom. The predicted molar refractivity (Wildman–Crippen MR) is 421 cm³/mol. The van der Waals surface area contributed by atoms with E-state index in [-0.39, 0.29) is 58.1 Å². The molecule has 25 heteroatoms. The number of hydrogen-bond donors (Lipinski definition) is 3. The van der Waals surface area contributed by atoms with Crippen molar-refractivity contribution in [2.45, 2.75) is 85.9 Å². The highest BCUT2D eigenvalue weighted by molar-refractivity contribution is 6.00. The molecule has 3 amide bonds. The predicted octanol–water partition coefficient (Wildman–Crippen LogP) is 14.3. The number of piperidine rings is 3. The van der Waals surface area contributed by atoms with E-state index >= 15 is 0 Å². The first-order valence-corrected chi connectivity index (χ1v) is 34.5. The quantitative estimate of drug-likeness (QED) is 0.0598. The molecule has 0 atom stereocenters. The first-order chi connectivity index (χ1) is 50.8. The van der Waals surface area contributed by atoms with Gasteiger partial charge in [-0.2, -0.15) is 15.3 Å². The van der Waals surface area contributed by atoms with Gasteiger partial charge < -0.3 is 51.0 Å². The molecule has 0 unspecified atom stereocenters. The van der Waals surface area contributed by atoms with Crippen LogP contribution in [0.2, 0.25) is 0 Å². The van der Waals surface area contributed by atoms with E-state index in [9.17, 15) is 14.4 Å². The minimum absolute atomic E-state index is 0. The van der Waals surface area contributed by atoms with Crippen molar-refractivity contribution >= 4 is 68.3 Å². The second-order valence-corrected chi connectivity index (χ2v) is 25.5. The number of nitrogen functional groups attached to an aromatic ring is 3. The number of amides is 3. The van der Waals surface area contributed by atoms with Crippen LogP contribution in [0.5, 0.6) is 34.5 Å². The molecule has 107 heavy (non-hydrogen) atoms. The Labute approximate surface area is 623 Å². The summed E-state index contributed by atoms with van der Waals surface area (Å²) in [5.74, 6) is 7.72. The zero-order chi connectivity index (χ0) is 72.1. The van der Waals surface area contributed by atoms with Crippen LogP contribution in [0, 0.1) is 12.3 Å². The molecule has 6 aromatic heterocycles. The number of carbonyl (C=O) groups excluding carboxylic acids is 3. The van der Waals surface area contributed by atoms with E-state index in [1.54, 1.807) is 23.1 Å². The van der Waals surface area contributed by atoms with Crippen LogP contribution in [0.1, 0.15) is 85.9 Å². The molecule has 3 aliphatic heterocycles. The van der Waals surface area contributed by atoms with E-state index < -0.39 is 0 Å². The Morgan fingerprint density at radius 2 is 0.729 bits per heavy atom. The smallest absolute Gasteiger partial charge is 0.298 e. The Bertz CT molecular complexity index is 5060. The third-order valence-electron chi connectivity index (χ3n) is 18.4. The molecule has 6 aromatic carbocycles. The molecule has 15 rings (SSSR count). The molecule has 0 radical (unpaired) electrons. The van der Waals surface area contributed by atoms with Crippen LogP contribution in [0.3, 0.4) is 0 Å². The summed E-state index contributed by atoms with van der Waals surface area (Å²) in [4.78, 5) is 70.2. The molecule has 25 nitrogen and oxygen atoms in total. The lowest BCUT2D eigenvalue weighted by Crippen LogP contribution is -2.38. The lowest BCUT2D eigenvalue weighted by molar-refractivity contribution is -0.128. The first-order valence-electron chi connectivity index (χ1n) is 34.5. The molecular formula is C82H91N19O6. The van der Waals surface area contributed by atoms with Gasteiger partial charge in [0.2, 0.25) is 11.8 Å². The molecule has 9 heterocycles. The number of carbonyl (C=O) groups is 3. The summed E-state index contributed by atoms with van der Waals surface area (Å²) >= 11 is 0.